The van der Waals surface area contributed by atoms with Crippen LogP contribution in [0.2, 0.25) is 0 Å². The van der Waals surface area contributed by atoms with Crippen molar-refractivity contribution < 1.29 is 17.0 Å². The summed E-state index contributed by atoms with van der Waals surface area (Å²) in [5.74, 6) is 0. The van der Waals surface area contributed by atoms with Crippen molar-refractivity contribution >= 4 is 29.4 Å². The van der Waals surface area contributed by atoms with E-state index in [1.807, 2.05) is 28.9 Å². The average Bonchev–Trinajstić information content (AvgIpc) is 3.27. The summed E-state index contributed by atoms with van der Waals surface area (Å²) in [6.07, 6.45) is 12.7. The number of rotatable bonds is 1. The molecule has 1 aliphatic carbocycles. The Kier molecular flexibility index (Phi) is 7.38. The molecule has 0 bridgehead atoms. The van der Waals surface area contributed by atoms with Gasteiger partial charge in [0.25, 0.3) is 0 Å². The summed E-state index contributed by atoms with van der Waals surface area (Å²) in [6, 6.07) is 12.5. The van der Waals surface area contributed by atoms with E-state index in [1.54, 1.807) is 12.7 Å². The molecule has 0 saturated carbocycles. The molecule has 1 aliphatic rings. The predicted molar refractivity (Wildman–Crippen MR) is 96.9 cm³/mol. The molecule has 0 amide bonds. The van der Waals surface area contributed by atoms with Crippen molar-refractivity contribution in [1.82, 2.24) is 14.8 Å². The van der Waals surface area contributed by atoms with Crippen molar-refractivity contribution in [2.45, 2.75) is 13.8 Å². The van der Waals surface area contributed by atoms with E-state index in [1.165, 1.54) is 10.8 Å². The molecule has 0 unspecified atom stereocenters. The van der Waals surface area contributed by atoms with Crippen LogP contribution in [0.3, 0.4) is 0 Å². The first-order valence-corrected chi connectivity index (χ1v) is 11.6. The van der Waals surface area contributed by atoms with E-state index in [4.69, 9.17) is 18.6 Å². The number of aromatic nitrogens is 3. The SMILES string of the molecule is CC1(C)[C-]=CC=C1.[Cl][Ti][Cl].c1ccc2[cH-]c(-n3cnnc3)cc2c1. The summed E-state index contributed by atoms with van der Waals surface area (Å²) >= 11 is -0.556. The van der Waals surface area contributed by atoms with Gasteiger partial charge in [-0.1, -0.05) is 25.3 Å². The van der Waals surface area contributed by atoms with Crippen LogP contribution in [-0.2, 0) is 17.0 Å². The normalized spacial score (nSPS) is 13.8. The van der Waals surface area contributed by atoms with Gasteiger partial charge in [-0.3, -0.25) is 6.08 Å². The Labute approximate surface area is 159 Å². The van der Waals surface area contributed by atoms with Crippen molar-refractivity contribution in [3.8, 4) is 5.69 Å². The minimum Gasteiger partial charge on any atom is -0.307 e. The Morgan fingerprint density at radius 2 is 1.83 bits per heavy atom. The van der Waals surface area contributed by atoms with E-state index in [0.717, 1.165) is 5.69 Å². The molecule has 1 heterocycles. The van der Waals surface area contributed by atoms with Crippen LogP contribution in [0.4, 0.5) is 0 Å². The summed E-state index contributed by atoms with van der Waals surface area (Å²) in [5.41, 5.74) is 1.32. The van der Waals surface area contributed by atoms with Gasteiger partial charge in [0.2, 0.25) is 0 Å². The molecule has 6 heteroatoms. The Balaban J connectivity index is 0.000000176. The summed E-state index contributed by atoms with van der Waals surface area (Å²) in [5, 5.41) is 10.1. The number of nitrogens with zero attached hydrogens (tertiary/aromatic N) is 3. The van der Waals surface area contributed by atoms with E-state index in [9.17, 15) is 0 Å². The van der Waals surface area contributed by atoms with Gasteiger partial charge in [-0.25, -0.2) is 12.2 Å². The first kappa shape index (κ1) is 19.1. The summed E-state index contributed by atoms with van der Waals surface area (Å²) in [4.78, 5) is 0. The number of hydrogen-bond donors (Lipinski definition) is 0. The Morgan fingerprint density at radius 1 is 1.17 bits per heavy atom. The topological polar surface area (TPSA) is 30.7 Å². The second-order valence-corrected chi connectivity index (χ2v) is 8.25. The van der Waals surface area contributed by atoms with Crippen LogP contribution in [0, 0.1) is 11.5 Å². The third-order valence-electron chi connectivity index (χ3n) is 3.38. The fourth-order valence-electron chi connectivity index (χ4n) is 2.22. The molecule has 0 N–H and O–H groups in total. The fraction of sp³-hybridized carbons (Fsp3) is 0.167. The van der Waals surface area contributed by atoms with Gasteiger partial charge in [0.05, 0.1) is 0 Å². The fourth-order valence-corrected chi connectivity index (χ4v) is 2.22. The van der Waals surface area contributed by atoms with Crippen LogP contribution in [-0.4, -0.2) is 14.8 Å². The van der Waals surface area contributed by atoms with Crippen molar-refractivity contribution in [2.75, 3.05) is 0 Å². The van der Waals surface area contributed by atoms with Gasteiger partial charge >= 0.3 is 35.6 Å². The molecule has 3 nitrogen and oxygen atoms in total. The quantitative estimate of drug-likeness (QED) is 0.406. The predicted octanol–water partition coefficient (Wildman–Crippen LogP) is 5.46. The van der Waals surface area contributed by atoms with E-state index in [-0.39, 0.29) is 5.41 Å². The zero-order chi connectivity index (χ0) is 17.4. The maximum absolute atomic E-state index is 4.89. The van der Waals surface area contributed by atoms with Gasteiger partial charge in [-0.2, -0.15) is 6.08 Å². The van der Waals surface area contributed by atoms with Crippen LogP contribution in [0.1, 0.15) is 13.8 Å². The maximum atomic E-state index is 4.89. The number of halogens is 2. The van der Waals surface area contributed by atoms with E-state index in [2.05, 4.69) is 60.5 Å². The molecule has 1 aromatic heterocycles. The largest absolute Gasteiger partial charge is 0.307 e. The number of benzene rings is 1. The van der Waals surface area contributed by atoms with E-state index >= 15 is 0 Å². The van der Waals surface area contributed by atoms with Crippen molar-refractivity contribution in [3.63, 3.8) is 0 Å². The first-order chi connectivity index (χ1) is 11.6. The Morgan fingerprint density at radius 3 is 2.33 bits per heavy atom. The monoisotopic (exact) mass is 393 g/mol. The molecule has 0 aliphatic heterocycles. The van der Waals surface area contributed by atoms with Crippen LogP contribution in [0.25, 0.3) is 16.5 Å². The molecular weight excluding hydrogens is 377 g/mol. The Bertz CT molecular complexity index is 758. The molecule has 24 heavy (non-hydrogen) atoms. The second kappa shape index (κ2) is 9.29. The third kappa shape index (κ3) is 5.68. The number of allylic oxidation sites excluding steroid dienone is 4. The average molecular weight is 394 g/mol. The van der Waals surface area contributed by atoms with Gasteiger partial charge in [0, 0.05) is 0 Å². The van der Waals surface area contributed by atoms with Crippen LogP contribution >= 0.6 is 18.6 Å². The molecule has 124 valence electrons. The van der Waals surface area contributed by atoms with Gasteiger partial charge < -0.3 is 4.57 Å². The molecule has 4 rings (SSSR count). The first-order valence-electron chi connectivity index (χ1n) is 7.31. The molecule has 2 aromatic carbocycles. The molecule has 0 radical (unpaired) electrons. The zero-order valence-corrected chi connectivity index (χ0v) is 16.5. The van der Waals surface area contributed by atoms with Crippen molar-refractivity contribution in [3.05, 3.63) is 73.4 Å². The number of hydrogen-bond acceptors (Lipinski definition) is 2. The van der Waals surface area contributed by atoms with E-state index in [0.29, 0.717) is 0 Å². The zero-order valence-electron chi connectivity index (χ0n) is 13.4. The minimum atomic E-state index is -0.556. The molecule has 0 fully saturated rings. The van der Waals surface area contributed by atoms with Crippen LogP contribution in [0.5, 0.6) is 0 Å². The molecule has 0 spiro atoms. The second-order valence-electron chi connectivity index (χ2n) is 5.67. The standard InChI is InChI=1S/C11H8N3.C7H9.2ClH.Ti/c1-2-4-10-6-11(5-9(10)3-1)14-7-12-13-8-14;1-7(2)5-3-4-6-7;;;/h1-8H;3-5H,1-2H3;2*1H;/q2*-1;;;+2/p-2. The smallest absolute Gasteiger partial charge is 0.122 e. The van der Waals surface area contributed by atoms with Gasteiger partial charge in [-0.15, -0.1) is 51.3 Å². The Hall–Kier alpha value is -1.26. The van der Waals surface area contributed by atoms with Gasteiger partial charge in [-0.05, 0) is 5.69 Å². The summed E-state index contributed by atoms with van der Waals surface area (Å²) in [7, 11) is 9.78. The van der Waals surface area contributed by atoms with Crippen molar-refractivity contribution in [2.24, 2.45) is 5.41 Å². The molecule has 0 atom stereocenters. The summed E-state index contributed by atoms with van der Waals surface area (Å²) < 4.78 is 1.90. The van der Waals surface area contributed by atoms with Crippen LogP contribution in [0.15, 0.2) is 67.3 Å². The molecular formula is C18H17Cl2N3Ti-2. The third-order valence-corrected chi connectivity index (χ3v) is 3.38. The summed E-state index contributed by atoms with van der Waals surface area (Å²) in [6.45, 7) is 4.26. The molecule has 3 aromatic rings. The maximum Gasteiger partial charge on any atom is 0.122 e. The van der Waals surface area contributed by atoms with Gasteiger partial charge in [0.15, 0.2) is 0 Å². The van der Waals surface area contributed by atoms with Gasteiger partial charge in [0.1, 0.15) is 12.7 Å². The van der Waals surface area contributed by atoms with Crippen molar-refractivity contribution in [1.29, 1.82) is 0 Å². The number of fused-ring (bicyclic) bond motifs is 1. The minimum absolute atomic E-state index is 0.208. The molecule has 0 saturated heterocycles. The van der Waals surface area contributed by atoms with E-state index < -0.39 is 17.0 Å². The van der Waals surface area contributed by atoms with Crippen LogP contribution < -0.4 is 0 Å².